The van der Waals surface area contributed by atoms with E-state index in [4.69, 9.17) is 4.74 Å². The van der Waals surface area contributed by atoms with E-state index in [1.807, 2.05) is 11.0 Å². The van der Waals surface area contributed by atoms with E-state index < -0.39 is 6.04 Å². The molecule has 0 spiro atoms. The highest BCUT2D eigenvalue weighted by Crippen LogP contribution is 2.17. The van der Waals surface area contributed by atoms with Gasteiger partial charge in [0.25, 0.3) is 0 Å². The van der Waals surface area contributed by atoms with Crippen molar-refractivity contribution in [2.45, 2.75) is 18.9 Å². The van der Waals surface area contributed by atoms with Crippen molar-refractivity contribution in [3.63, 3.8) is 0 Å². The molecule has 1 rings (SSSR count). The Labute approximate surface area is 107 Å². The van der Waals surface area contributed by atoms with Crippen LogP contribution in [0.1, 0.15) is 12.8 Å². The number of carbonyl (C=O) groups excluding carboxylic acids is 2. The normalized spacial score (nSPS) is 16.9. The van der Waals surface area contributed by atoms with Gasteiger partial charge < -0.3 is 9.47 Å². The predicted molar refractivity (Wildman–Crippen MR) is 66.9 cm³/mol. The molecule has 5 nitrogen and oxygen atoms in total. The molecule has 0 N–H and O–H groups in total. The van der Waals surface area contributed by atoms with E-state index in [1.54, 1.807) is 6.08 Å². The zero-order valence-corrected chi connectivity index (χ0v) is 10.8. The standard InChI is InChI=1S/C13H19NO4/c1-4-10-7-8-14(9-10)11(13(16)18-3)5-6-12(15)17-2/h4,7,11H,1,5-6,8-9H2,2-3H3. The molecule has 0 aliphatic carbocycles. The van der Waals surface area contributed by atoms with Crippen molar-refractivity contribution >= 4 is 11.9 Å². The molecule has 1 unspecified atom stereocenters. The summed E-state index contributed by atoms with van der Waals surface area (Å²) in [6.07, 6.45) is 4.39. The quantitative estimate of drug-likeness (QED) is 0.659. The fraction of sp³-hybridized carbons (Fsp3) is 0.538. The van der Waals surface area contributed by atoms with Crippen LogP contribution in [0.25, 0.3) is 0 Å². The number of nitrogens with zero attached hydrogens (tertiary/aromatic N) is 1. The molecule has 0 aromatic heterocycles. The van der Waals surface area contributed by atoms with Crippen molar-refractivity contribution in [2.24, 2.45) is 0 Å². The molecule has 18 heavy (non-hydrogen) atoms. The van der Waals surface area contributed by atoms with Crippen molar-refractivity contribution in [3.8, 4) is 0 Å². The summed E-state index contributed by atoms with van der Waals surface area (Å²) in [6, 6.07) is -0.414. The third-order valence-corrected chi connectivity index (χ3v) is 3.00. The lowest BCUT2D eigenvalue weighted by Gasteiger charge is -2.25. The smallest absolute Gasteiger partial charge is 0.323 e. The summed E-state index contributed by atoms with van der Waals surface area (Å²) in [7, 11) is 2.69. The van der Waals surface area contributed by atoms with Crippen molar-refractivity contribution in [1.82, 2.24) is 4.90 Å². The van der Waals surface area contributed by atoms with E-state index in [2.05, 4.69) is 11.3 Å². The first-order valence-electron chi connectivity index (χ1n) is 5.82. The zero-order valence-electron chi connectivity index (χ0n) is 10.8. The molecule has 0 aromatic carbocycles. The summed E-state index contributed by atoms with van der Waals surface area (Å²) in [4.78, 5) is 24.8. The van der Waals surface area contributed by atoms with Crippen LogP contribution in [0.15, 0.2) is 24.3 Å². The Kier molecular flexibility index (Phi) is 5.58. The number of hydrogen-bond donors (Lipinski definition) is 0. The molecule has 0 radical (unpaired) electrons. The van der Waals surface area contributed by atoms with Crippen LogP contribution in [0.4, 0.5) is 0 Å². The number of methoxy groups -OCH3 is 2. The van der Waals surface area contributed by atoms with Gasteiger partial charge in [0.2, 0.25) is 0 Å². The van der Waals surface area contributed by atoms with Crippen molar-refractivity contribution in [2.75, 3.05) is 27.3 Å². The molecular weight excluding hydrogens is 234 g/mol. The minimum Gasteiger partial charge on any atom is -0.469 e. The average Bonchev–Trinajstić information content (AvgIpc) is 2.86. The van der Waals surface area contributed by atoms with Crippen molar-refractivity contribution in [3.05, 3.63) is 24.3 Å². The number of rotatable bonds is 6. The molecule has 5 heteroatoms. The first-order valence-corrected chi connectivity index (χ1v) is 5.82. The maximum atomic E-state index is 11.7. The van der Waals surface area contributed by atoms with Gasteiger partial charge in [-0.05, 0) is 12.0 Å². The highest BCUT2D eigenvalue weighted by atomic mass is 16.5. The number of hydrogen-bond acceptors (Lipinski definition) is 5. The Morgan fingerprint density at radius 3 is 2.72 bits per heavy atom. The lowest BCUT2D eigenvalue weighted by atomic mass is 10.1. The van der Waals surface area contributed by atoms with E-state index in [9.17, 15) is 9.59 Å². The summed E-state index contributed by atoms with van der Waals surface area (Å²) < 4.78 is 9.36. The fourth-order valence-corrected chi connectivity index (χ4v) is 1.93. The average molecular weight is 253 g/mol. The van der Waals surface area contributed by atoms with Gasteiger partial charge in [0.05, 0.1) is 14.2 Å². The molecule has 1 atom stereocenters. The van der Waals surface area contributed by atoms with Crippen LogP contribution >= 0.6 is 0 Å². The summed E-state index contributed by atoms with van der Waals surface area (Å²) >= 11 is 0. The van der Waals surface area contributed by atoms with Gasteiger partial charge in [0.1, 0.15) is 6.04 Å². The summed E-state index contributed by atoms with van der Waals surface area (Å²) in [5, 5.41) is 0. The Morgan fingerprint density at radius 1 is 1.50 bits per heavy atom. The predicted octanol–water partition coefficient (Wildman–Crippen LogP) is 0.909. The summed E-state index contributed by atoms with van der Waals surface area (Å²) in [5.41, 5.74) is 1.09. The molecule has 0 aromatic rings. The van der Waals surface area contributed by atoms with Crippen LogP contribution in [-0.2, 0) is 19.1 Å². The van der Waals surface area contributed by atoms with Gasteiger partial charge in [0.15, 0.2) is 0 Å². The van der Waals surface area contributed by atoms with E-state index in [1.165, 1.54) is 14.2 Å². The number of carbonyl (C=O) groups is 2. The Hall–Kier alpha value is -1.62. The van der Waals surface area contributed by atoms with Crippen LogP contribution in [-0.4, -0.2) is 50.2 Å². The molecule has 100 valence electrons. The van der Waals surface area contributed by atoms with E-state index in [0.717, 1.165) is 5.57 Å². The molecule has 0 bridgehead atoms. The molecule has 0 amide bonds. The largest absolute Gasteiger partial charge is 0.469 e. The van der Waals surface area contributed by atoms with Gasteiger partial charge >= 0.3 is 11.9 Å². The van der Waals surface area contributed by atoms with Gasteiger partial charge in [-0.25, -0.2) is 0 Å². The van der Waals surface area contributed by atoms with Crippen molar-refractivity contribution < 1.29 is 19.1 Å². The third-order valence-electron chi connectivity index (χ3n) is 3.00. The van der Waals surface area contributed by atoms with Crippen LogP contribution < -0.4 is 0 Å². The Balaban J connectivity index is 2.60. The number of ether oxygens (including phenoxy) is 2. The molecule has 0 saturated heterocycles. The van der Waals surface area contributed by atoms with E-state index in [0.29, 0.717) is 19.5 Å². The van der Waals surface area contributed by atoms with Gasteiger partial charge in [-0.1, -0.05) is 18.7 Å². The Bertz CT molecular complexity index is 362. The first-order chi connectivity index (χ1) is 8.62. The number of esters is 2. The molecule has 0 fully saturated rings. The van der Waals surface area contributed by atoms with Gasteiger partial charge in [-0.3, -0.25) is 14.5 Å². The lowest BCUT2D eigenvalue weighted by molar-refractivity contribution is -0.147. The van der Waals surface area contributed by atoms with Gasteiger partial charge in [-0.15, -0.1) is 0 Å². The fourth-order valence-electron chi connectivity index (χ4n) is 1.93. The summed E-state index contributed by atoms with van der Waals surface area (Å²) in [6.45, 7) is 5.03. The van der Waals surface area contributed by atoms with E-state index >= 15 is 0 Å². The SMILES string of the molecule is C=CC1=CCN(C(CCC(=O)OC)C(=O)OC)C1. The minimum atomic E-state index is -0.414. The molecule has 0 saturated carbocycles. The van der Waals surface area contributed by atoms with Crippen LogP contribution in [0.5, 0.6) is 0 Å². The topological polar surface area (TPSA) is 55.8 Å². The molecule has 1 aliphatic heterocycles. The second-order valence-corrected chi connectivity index (χ2v) is 4.07. The molecule has 1 heterocycles. The molecular formula is C13H19NO4. The highest BCUT2D eigenvalue weighted by molar-refractivity contribution is 5.77. The zero-order chi connectivity index (χ0) is 13.5. The van der Waals surface area contributed by atoms with Crippen LogP contribution in [0.2, 0.25) is 0 Å². The second kappa shape index (κ2) is 6.96. The lowest BCUT2D eigenvalue weighted by Crippen LogP contribution is -2.41. The summed E-state index contributed by atoms with van der Waals surface area (Å²) in [5.74, 6) is -0.641. The minimum absolute atomic E-state index is 0.205. The maximum Gasteiger partial charge on any atom is 0.323 e. The van der Waals surface area contributed by atoms with Gasteiger partial charge in [0, 0.05) is 19.5 Å². The van der Waals surface area contributed by atoms with E-state index in [-0.39, 0.29) is 18.4 Å². The highest BCUT2D eigenvalue weighted by Gasteiger charge is 2.29. The van der Waals surface area contributed by atoms with Crippen LogP contribution in [0.3, 0.4) is 0 Å². The Morgan fingerprint density at radius 2 is 2.22 bits per heavy atom. The van der Waals surface area contributed by atoms with Crippen molar-refractivity contribution in [1.29, 1.82) is 0 Å². The second-order valence-electron chi connectivity index (χ2n) is 4.07. The first kappa shape index (κ1) is 14.4. The van der Waals surface area contributed by atoms with Gasteiger partial charge in [-0.2, -0.15) is 0 Å². The van der Waals surface area contributed by atoms with Crippen LogP contribution in [0, 0.1) is 0 Å². The monoisotopic (exact) mass is 253 g/mol. The third kappa shape index (κ3) is 3.70. The molecule has 1 aliphatic rings. The maximum absolute atomic E-state index is 11.7.